The molecule has 0 radical (unpaired) electrons. The molecule has 0 aliphatic carbocycles. The van der Waals surface area contributed by atoms with Crippen molar-refractivity contribution in [2.45, 2.75) is 33.7 Å². The fourth-order valence-electron chi connectivity index (χ4n) is 3.55. The number of aromatic nitrogens is 4. The van der Waals surface area contributed by atoms with Crippen molar-refractivity contribution in [1.29, 1.82) is 0 Å². The van der Waals surface area contributed by atoms with Crippen LogP contribution in [-0.2, 0) is 20.0 Å². The van der Waals surface area contributed by atoms with Crippen LogP contribution in [0.5, 0.6) is 0 Å². The molecular formula is C19H21N5O2. The number of rotatable bonds is 2. The van der Waals surface area contributed by atoms with E-state index in [4.69, 9.17) is 4.52 Å². The van der Waals surface area contributed by atoms with Gasteiger partial charge in [-0.25, -0.2) is 0 Å². The van der Waals surface area contributed by atoms with Crippen LogP contribution in [0.2, 0.25) is 0 Å². The standard InChI is InChI=1S/C19H21N5O2/c1-11-5-6-14(12(2)9-11)19(25)24-8-7-16-15(10-24)17(21-23(16)4)18-20-13(3)22-26-18/h5-6,9H,7-8,10H2,1-4H3. The second-order valence-electron chi connectivity index (χ2n) is 6.84. The number of fused-ring (bicyclic) bond motifs is 1. The fraction of sp³-hybridized carbons (Fsp3) is 0.368. The minimum atomic E-state index is 0.0460. The summed E-state index contributed by atoms with van der Waals surface area (Å²) >= 11 is 0. The smallest absolute Gasteiger partial charge is 0.278 e. The zero-order valence-corrected chi connectivity index (χ0v) is 15.4. The van der Waals surface area contributed by atoms with Gasteiger partial charge in [-0.3, -0.25) is 9.48 Å². The van der Waals surface area contributed by atoms with Gasteiger partial charge in [-0.2, -0.15) is 10.1 Å². The first-order chi connectivity index (χ1) is 12.4. The lowest BCUT2D eigenvalue weighted by Gasteiger charge is -2.28. The van der Waals surface area contributed by atoms with Crippen molar-refractivity contribution < 1.29 is 9.32 Å². The molecule has 1 amide bonds. The van der Waals surface area contributed by atoms with Crippen LogP contribution < -0.4 is 0 Å². The monoisotopic (exact) mass is 351 g/mol. The third-order valence-corrected chi connectivity index (χ3v) is 4.87. The predicted octanol–water partition coefficient (Wildman–Crippen LogP) is 2.59. The zero-order chi connectivity index (χ0) is 18.4. The van der Waals surface area contributed by atoms with Crippen molar-refractivity contribution >= 4 is 5.91 Å². The third-order valence-electron chi connectivity index (χ3n) is 4.87. The molecule has 1 aliphatic heterocycles. The van der Waals surface area contributed by atoms with E-state index in [1.165, 1.54) is 0 Å². The van der Waals surface area contributed by atoms with Gasteiger partial charge in [-0.1, -0.05) is 22.9 Å². The van der Waals surface area contributed by atoms with Gasteiger partial charge >= 0.3 is 0 Å². The average molecular weight is 351 g/mol. The summed E-state index contributed by atoms with van der Waals surface area (Å²) in [6, 6.07) is 5.93. The van der Waals surface area contributed by atoms with E-state index in [0.29, 0.717) is 30.5 Å². The van der Waals surface area contributed by atoms with Crippen LogP contribution in [0.25, 0.3) is 11.6 Å². The molecule has 0 saturated heterocycles. The van der Waals surface area contributed by atoms with E-state index in [9.17, 15) is 4.79 Å². The van der Waals surface area contributed by atoms with Gasteiger partial charge in [0.2, 0.25) is 0 Å². The lowest BCUT2D eigenvalue weighted by atomic mass is 10.0. The largest absolute Gasteiger partial charge is 0.334 e. The Morgan fingerprint density at radius 2 is 2.04 bits per heavy atom. The Morgan fingerprint density at radius 1 is 1.23 bits per heavy atom. The van der Waals surface area contributed by atoms with Crippen LogP contribution in [-0.4, -0.2) is 37.3 Å². The maximum absolute atomic E-state index is 13.0. The molecule has 26 heavy (non-hydrogen) atoms. The molecule has 0 fully saturated rings. The topological polar surface area (TPSA) is 77.1 Å². The minimum absolute atomic E-state index is 0.0460. The van der Waals surface area contributed by atoms with E-state index >= 15 is 0 Å². The average Bonchev–Trinajstić information content (AvgIpc) is 3.17. The molecule has 134 valence electrons. The van der Waals surface area contributed by atoms with Gasteiger partial charge in [0.1, 0.15) is 0 Å². The number of carbonyl (C=O) groups excluding carboxylic acids is 1. The second kappa shape index (κ2) is 6.09. The molecule has 0 saturated carbocycles. The highest BCUT2D eigenvalue weighted by Crippen LogP contribution is 2.29. The Kier molecular flexibility index (Phi) is 3.86. The molecule has 1 aliphatic rings. The normalized spacial score (nSPS) is 13.8. The van der Waals surface area contributed by atoms with Crippen molar-refractivity contribution in [3.63, 3.8) is 0 Å². The molecule has 0 unspecified atom stereocenters. The first kappa shape index (κ1) is 16.5. The van der Waals surface area contributed by atoms with E-state index < -0.39 is 0 Å². The summed E-state index contributed by atoms with van der Waals surface area (Å²) in [6.07, 6.45) is 0.753. The maximum atomic E-state index is 13.0. The lowest BCUT2D eigenvalue weighted by molar-refractivity contribution is 0.0733. The molecule has 0 spiro atoms. The highest BCUT2D eigenvalue weighted by Gasteiger charge is 2.30. The van der Waals surface area contributed by atoms with Crippen LogP contribution in [0.15, 0.2) is 22.7 Å². The number of carbonyl (C=O) groups is 1. The maximum Gasteiger partial charge on any atom is 0.278 e. The van der Waals surface area contributed by atoms with E-state index in [-0.39, 0.29) is 5.91 Å². The molecule has 0 N–H and O–H groups in total. The Bertz CT molecular complexity index is 1000. The van der Waals surface area contributed by atoms with Crippen LogP contribution in [0.4, 0.5) is 0 Å². The van der Waals surface area contributed by atoms with Crippen molar-refractivity contribution in [1.82, 2.24) is 24.8 Å². The number of benzene rings is 1. The summed E-state index contributed by atoms with van der Waals surface area (Å²) in [7, 11) is 1.91. The lowest BCUT2D eigenvalue weighted by Crippen LogP contribution is -2.36. The van der Waals surface area contributed by atoms with E-state index in [2.05, 4.69) is 15.2 Å². The Morgan fingerprint density at radius 3 is 2.73 bits per heavy atom. The predicted molar refractivity (Wildman–Crippen MR) is 95.6 cm³/mol. The third kappa shape index (κ3) is 2.69. The van der Waals surface area contributed by atoms with E-state index in [1.54, 1.807) is 6.92 Å². The van der Waals surface area contributed by atoms with Crippen LogP contribution in [0.1, 0.15) is 38.6 Å². The summed E-state index contributed by atoms with van der Waals surface area (Å²) in [6.45, 7) is 6.94. The number of hydrogen-bond donors (Lipinski definition) is 0. The van der Waals surface area contributed by atoms with Gasteiger partial charge < -0.3 is 9.42 Å². The number of aryl methyl sites for hydroxylation is 4. The molecule has 7 nitrogen and oxygen atoms in total. The van der Waals surface area contributed by atoms with Crippen LogP contribution in [0.3, 0.4) is 0 Å². The summed E-state index contributed by atoms with van der Waals surface area (Å²) in [5.41, 5.74) is 5.67. The second-order valence-corrected chi connectivity index (χ2v) is 6.84. The van der Waals surface area contributed by atoms with Crippen molar-refractivity contribution in [3.05, 3.63) is 52.0 Å². The summed E-state index contributed by atoms with van der Waals surface area (Å²) in [5.74, 6) is 1.02. The van der Waals surface area contributed by atoms with Crippen molar-refractivity contribution in [2.75, 3.05) is 6.54 Å². The van der Waals surface area contributed by atoms with Gasteiger partial charge in [-0.05, 0) is 32.4 Å². The zero-order valence-electron chi connectivity index (χ0n) is 15.4. The number of hydrogen-bond acceptors (Lipinski definition) is 5. The highest BCUT2D eigenvalue weighted by atomic mass is 16.5. The number of nitrogens with zero attached hydrogens (tertiary/aromatic N) is 5. The van der Waals surface area contributed by atoms with Crippen molar-refractivity contribution in [3.8, 4) is 11.6 Å². The molecule has 0 bridgehead atoms. The van der Waals surface area contributed by atoms with E-state index in [0.717, 1.165) is 34.4 Å². The van der Waals surface area contributed by atoms with Gasteiger partial charge in [0, 0.05) is 36.8 Å². The van der Waals surface area contributed by atoms with Gasteiger partial charge in [-0.15, -0.1) is 0 Å². The summed E-state index contributed by atoms with van der Waals surface area (Å²) in [4.78, 5) is 19.2. The molecule has 3 aromatic rings. The fourth-order valence-corrected chi connectivity index (χ4v) is 3.55. The Balaban J connectivity index is 1.68. The molecule has 4 rings (SSSR count). The summed E-state index contributed by atoms with van der Waals surface area (Å²) in [5, 5.41) is 8.41. The molecule has 3 heterocycles. The first-order valence-corrected chi connectivity index (χ1v) is 8.66. The SMILES string of the molecule is Cc1ccc(C(=O)N2CCc3c(c(-c4nc(C)no4)nn3C)C2)c(C)c1. The van der Waals surface area contributed by atoms with Gasteiger partial charge in [0.05, 0.1) is 6.54 Å². The Hall–Kier alpha value is -2.96. The molecule has 0 atom stereocenters. The molecule has 2 aromatic heterocycles. The quantitative estimate of drug-likeness (QED) is 0.709. The molecule has 7 heteroatoms. The van der Waals surface area contributed by atoms with Crippen LogP contribution >= 0.6 is 0 Å². The molecular weight excluding hydrogens is 330 g/mol. The summed E-state index contributed by atoms with van der Waals surface area (Å²) < 4.78 is 7.15. The van der Waals surface area contributed by atoms with Crippen LogP contribution in [0, 0.1) is 20.8 Å². The number of amides is 1. The van der Waals surface area contributed by atoms with Gasteiger partial charge in [0.25, 0.3) is 11.8 Å². The van der Waals surface area contributed by atoms with E-state index in [1.807, 2.05) is 48.7 Å². The Labute approximate surface area is 151 Å². The highest BCUT2D eigenvalue weighted by molar-refractivity contribution is 5.96. The van der Waals surface area contributed by atoms with Gasteiger partial charge in [0.15, 0.2) is 11.5 Å². The first-order valence-electron chi connectivity index (χ1n) is 8.66. The molecule has 1 aromatic carbocycles. The van der Waals surface area contributed by atoms with Crippen molar-refractivity contribution in [2.24, 2.45) is 7.05 Å². The minimum Gasteiger partial charge on any atom is -0.334 e.